The molecule has 0 bridgehead atoms. The lowest BCUT2D eigenvalue weighted by Crippen LogP contribution is -2.31. The molecule has 0 aliphatic heterocycles. The Labute approximate surface area is 140 Å². The third kappa shape index (κ3) is 6.70. The van der Waals surface area contributed by atoms with E-state index in [-0.39, 0.29) is 0 Å². The van der Waals surface area contributed by atoms with Crippen LogP contribution in [0.1, 0.15) is 31.4 Å². The molecule has 23 heavy (non-hydrogen) atoms. The molecule has 2 heteroatoms. The fourth-order valence-corrected chi connectivity index (χ4v) is 2.44. The van der Waals surface area contributed by atoms with Crippen LogP contribution in [0.2, 0.25) is 0 Å². The molecule has 0 amide bonds. The fraction of sp³-hybridized carbons (Fsp3) is 0.333. The minimum absolute atomic E-state index is 0.447. The van der Waals surface area contributed by atoms with Gasteiger partial charge in [0.25, 0.3) is 0 Å². The number of hydrogen-bond acceptors (Lipinski definition) is 2. The highest BCUT2D eigenvalue weighted by Gasteiger charge is 2.02. The molecule has 0 saturated heterocycles. The van der Waals surface area contributed by atoms with Crippen molar-refractivity contribution in [1.29, 1.82) is 0 Å². The van der Waals surface area contributed by atoms with Gasteiger partial charge < -0.3 is 10.1 Å². The van der Waals surface area contributed by atoms with Gasteiger partial charge in [0.1, 0.15) is 12.4 Å². The molecule has 2 aromatic rings. The summed E-state index contributed by atoms with van der Waals surface area (Å²) in [6.45, 7) is 5.89. The third-order valence-electron chi connectivity index (χ3n) is 3.67. The van der Waals surface area contributed by atoms with Gasteiger partial charge in [0.2, 0.25) is 0 Å². The Morgan fingerprint density at radius 2 is 1.78 bits per heavy atom. The van der Waals surface area contributed by atoms with Crippen molar-refractivity contribution in [3.8, 4) is 5.75 Å². The Kier molecular flexibility index (Phi) is 7.41. The molecule has 1 unspecified atom stereocenters. The van der Waals surface area contributed by atoms with Gasteiger partial charge in [0, 0.05) is 12.6 Å². The molecule has 0 aromatic heterocycles. The summed E-state index contributed by atoms with van der Waals surface area (Å²) in [5.41, 5.74) is 2.58. The highest BCUT2D eigenvalue weighted by atomic mass is 16.5. The van der Waals surface area contributed by atoms with E-state index >= 15 is 0 Å². The molecule has 122 valence electrons. The average molecular weight is 309 g/mol. The number of benzene rings is 2. The lowest BCUT2D eigenvalue weighted by atomic mass is 10.1. The summed E-state index contributed by atoms with van der Waals surface area (Å²) in [6.07, 6.45) is 6.40. The van der Waals surface area contributed by atoms with Gasteiger partial charge in [-0.1, -0.05) is 61.5 Å². The van der Waals surface area contributed by atoms with Gasteiger partial charge in [-0.25, -0.2) is 0 Å². The summed E-state index contributed by atoms with van der Waals surface area (Å²) >= 11 is 0. The smallest absolute Gasteiger partial charge is 0.119 e. The quantitative estimate of drug-likeness (QED) is 0.677. The summed E-state index contributed by atoms with van der Waals surface area (Å²) in [7, 11) is 0. The summed E-state index contributed by atoms with van der Waals surface area (Å²) in [5.74, 6) is 0.927. The molecule has 0 fully saturated rings. The van der Waals surface area contributed by atoms with E-state index in [0.717, 1.165) is 25.1 Å². The van der Waals surface area contributed by atoms with E-state index in [2.05, 4.69) is 73.8 Å². The van der Waals surface area contributed by atoms with Gasteiger partial charge >= 0.3 is 0 Å². The lowest BCUT2D eigenvalue weighted by molar-refractivity contribution is 0.306. The van der Waals surface area contributed by atoms with E-state index < -0.39 is 0 Å². The summed E-state index contributed by atoms with van der Waals surface area (Å²) in [6, 6.07) is 19.3. The van der Waals surface area contributed by atoms with Crippen LogP contribution in [0.25, 0.3) is 6.08 Å². The Hall–Kier alpha value is -2.06. The Balaban J connectivity index is 1.66. The summed E-state index contributed by atoms with van der Waals surface area (Å²) < 4.78 is 5.78. The highest BCUT2D eigenvalue weighted by molar-refractivity contribution is 5.50. The first-order valence-corrected chi connectivity index (χ1v) is 8.44. The maximum atomic E-state index is 5.78. The van der Waals surface area contributed by atoms with Crippen LogP contribution in [-0.4, -0.2) is 19.2 Å². The molecule has 2 aromatic carbocycles. The van der Waals surface area contributed by atoms with Crippen molar-refractivity contribution >= 4 is 6.08 Å². The van der Waals surface area contributed by atoms with Crippen molar-refractivity contribution in [2.75, 3.05) is 13.2 Å². The van der Waals surface area contributed by atoms with Gasteiger partial charge in [0.15, 0.2) is 0 Å². The summed E-state index contributed by atoms with van der Waals surface area (Å²) in [5, 5.41) is 3.50. The molecule has 0 aliphatic rings. The standard InChI is InChI=1S/C21H27NO/c1-3-4-8-19-11-13-21(14-12-19)23-16-15-22-18(2)17-20-9-6-5-7-10-20/h4-14,18,22H,3,15-17H2,1-2H3/b8-4+. The van der Waals surface area contributed by atoms with Crippen LogP contribution in [0.3, 0.4) is 0 Å². The number of rotatable bonds is 9. The van der Waals surface area contributed by atoms with Crippen LogP contribution >= 0.6 is 0 Å². The lowest BCUT2D eigenvalue weighted by Gasteiger charge is -2.14. The van der Waals surface area contributed by atoms with Crippen LogP contribution in [0, 0.1) is 0 Å². The molecule has 0 heterocycles. The van der Waals surface area contributed by atoms with Crippen LogP contribution in [-0.2, 0) is 6.42 Å². The monoisotopic (exact) mass is 309 g/mol. The van der Waals surface area contributed by atoms with Crippen LogP contribution in [0.15, 0.2) is 60.7 Å². The molecular formula is C21H27NO. The zero-order chi connectivity index (χ0) is 16.3. The second kappa shape index (κ2) is 9.86. The van der Waals surface area contributed by atoms with Crippen LogP contribution < -0.4 is 10.1 Å². The minimum atomic E-state index is 0.447. The molecule has 0 aliphatic carbocycles. The van der Waals surface area contributed by atoms with E-state index in [1.165, 1.54) is 11.1 Å². The minimum Gasteiger partial charge on any atom is -0.492 e. The Bertz CT molecular complexity index is 575. The second-order valence-electron chi connectivity index (χ2n) is 5.77. The average Bonchev–Trinajstić information content (AvgIpc) is 2.59. The molecule has 1 N–H and O–H groups in total. The van der Waals surface area contributed by atoms with Gasteiger partial charge in [-0.2, -0.15) is 0 Å². The first kappa shape index (κ1) is 17.3. The zero-order valence-electron chi connectivity index (χ0n) is 14.2. The fourth-order valence-electron chi connectivity index (χ4n) is 2.44. The molecule has 1 atom stereocenters. The van der Waals surface area contributed by atoms with Crippen molar-refractivity contribution in [2.45, 2.75) is 32.7 Å². The Morgan fingerprint density at radius 1 is 1.04 bits per heavy atom. The highest BCUT2D eigenvalue weighted by Crippen LogP contribution is 2.13. The zero-order valence-corrected chi connectivity index (χ0v) is 14.2. The van der Waals surface area contributed by atoms with Gasteiger partial charge in [0.05, 0.1) is 0 Å². The maximum absolute atomic E-state index is 5.78. The van der Waals surface area contributed by atoms with Crippen molar-refractivity contribution in [3.63, 3.8) is 0 Å². The summed E-state index contributed by atoms with van der Waals surface area (Å²) in [4.78, 5) is 0. The number of hydrogen-bond donors (Lipinski definition) is 1. The molecule has 2 nitrogen and oxygen atoms in total. The van der Waals surface area contributed by atoms with Gasteiger partial charge in [-0.05, 0) is 43.0 Å². The number of ether oxygens (including phenoxy) is 1. The molecule has 0 radical (unpaired) electrons. The topological polar surface area (TPSA) is 21.3 Å². The van der Waals surface area contributed by atoms with Crippen molar-refractivity contribution in [1.82, 2.24) is 5.32 Å². The third-order valence-corrected chi connectivity index (χ3v) is 3.67. The van der Waals surface area contributed by atoms with Crippen molar-refractivity contribution in [2.24, 2.45) is 0 Å². The molecule has 0 saturated carbocycles. The normalized spacial score (nSPS) is 12.4. The predicted octanol–water partition coefficient (Wildman–Crippen LogP) is 4.71. The van der Waals surface area contributed by atoms with Crippen molar-refractivity contribution < 1.29 is 4.74 Å². The molecule has 0 spiro atoms. The van der Waals surface area contributed by atoms with E-state index in [4.69, 9.17) is 4.74 Å². The molecule has 2 rings (SSSR count). The Morgan fingerprint density at radius 3 is 2.48 bits per heavy atom. The van der Waals surface area contributed by atoms with Crippen LogP contribution in [0.5, 0.6) is 5.75 Å². The predicted molar refractivity (Wildman–Crippen MR) is 98.9 cm³/mol. The maximum Gasteiger partial charge on any atom is 0.119 e. The van der Waals surface area contributed by atoms with Gasteiger partial charge in [-0.3, -0.25) is 0 Å². The number of nitrogens with one attached hydrogen (secondary N) is 1. The SMILES string of the molecule is CC/C=C/c1ccc(OCCNC(C)Cc2ccccc2)cc1. The largest absolute Gasteiger partial charge is 0.492 e. The van der Waals surface area contributed by atoms with E-state index in [0.29, 0.717) is 12.6 Å². The number of allylic oxidation sites excluding steroid dienone is 1. The van der Waals surface area contributed by atoms with E-state index in [9.17, 15) is 0 Å². The first-order valence-electron chi connectivity index (χ1n) is 8.44. The first-order chi connectivity index (χ1) is 11.3. The van der Waals surface area contributed by atoms with Crippen LogP contribution in [0.4, 0.5) is 0 Å². The molecular weight excluding hydrogens is 282 g/mol. The second-order valence-corrected chi connectivity index (χ2v) is 5.77. The van der Waals surface area contributed by atoms with E-state index in [1.54, 1.807) is 0 Å². The van der Waals surface area contributed by atoms with Gasteiger partial charge in [-0.15, -0.1) is 0 Å². The van der Waals surface area contributed by atoms with E-state index in [1.807, 2.05) is 12.1 Å². The van der Waals surface area contributed by atoms with Crippen molar-refractivity contribution in [3.05, 3.63) is 71.8 Å².